The lowest BCUT2D eigenvalue weighted by molar-refractivity contribution is -0.120. The predicted octanol–water partition coefficient (Wildman–Crippen LogP) is 0.139. The van der Waals surface area contributed by atoms with Crippen molar-refractivity contribution in [1.29, 1.82) is 0 Å². The van der Waals surface area contributed by atoms with Crippen LogP contribution in [-0.2, 0) is 4.79 Å². The van der Waals surface area contributed by atoms with E-state index in [4.69, 9.17) is 5.11 Å². The number of anilines is 2. The Morgan fingerprint density at radius 2 is 2.21 bits per heavy atom. The van der Waals surface area contributed by atoms with E-state index in [1.807, 2.05) is 0 Å². The Balaban J connectivity index is 2.11. The van der Waals surface area contributed by atoms with E-state index < -0.39 is 5.97 Å². The van der Waals surface area contributed by atoms with Crippen LogP contribution in [-0.4, -0.2) is 49.7 Å². The quantitative estimate of drug-likeness (QED) is 0.752. The Hall–Kier alpha value is -2.08. The molecule has 2 aliphatic rings. The lowest BCUT2D eigenvalue weighted by Crippen LogP contribution is -2.61. The van der Waals surface area contributed by atoms with Crippen LogP contribution in [0.25, 0.3) is 0 Å². The molecule has 2 N–H and O–H groups in total. The first-order valence-electron chi connectivity index (χ1n) is 6.22. The molecule has 19 heavy (non-hydrogen) atoms. The Morgan fingerprint density at radius 3 is 2.95 bits per heavy atom. The molecular formula is C13H15N3O3. The van der Waals surface area contributed by atoms with Crippen molar-refractivity contribution in [3.63, 3.8) is 0 Å². The van der Waals surface area contributed by atoms with Gasteiger partial charge in [-0.2, -0.15) is 0 Å². The van der Waals surface area contributed by atoms with Crippen molar-refractivity contribution < 1.29 is 14.7 Å². The van der Waals surface area contributed by atoms with E-state index >= 15 is 0 Å². The van der Waals surface area contributed by atoms with Crippen molar-refractivity contribution in [3.8, 4) is 0 Å². The topological polar surface area (TPSA) is 72.9 Å². The largest absolute Gasteiger partial charge is 0.478 e. The fourth-order valence-corrected chi connectivity index (χ4v) is 2.72. The molecule has 1 fully saturated rings. The highest BCUT2D eigenvalue weighted by Crippen LogP contribution is 2.36. The van der Waals surface area contributed by atoms with Gasteiger partial charge in [-0.05, 0) is 18.2 Å². The average molecular weight is 261 g/mol. The second kappa shape index (κ2) is 4.24. The highest BCUT2D eigenvalue weighted by atomic mass is 16.4. The van der Waals surface area contributed by atoms with Gasteiger partial charge < -0.3 is 20.2 Å². The molecule has 0 radical (unpaired) electrons. The lowest BCUT2D eigenvalue weighted by atomic mass is 10.0. The summed E-state index contributed by atoms with van der Waals surface area (Å²) < 4.78 is 0. The van der Waals surface area contributed by atoms with Gasteiger partial charge >= 0.3 is 5.97 Å². The summed E-state index contributed by atoms with van der Waals surface area (Å²) in [5.41, 5.74) is 1.80. The van der Waals surface area contributed by atoms with Crippen molar-refractivity contribution in [2.45, 2.75) is 6.04 Å². The SMILES string of the molecule is CN1C(=O)C2CNCCN2c2ccc(C(=O)O)cc21. The standard InChI is InChI=1S/C13H15N3O3/c1-15-10-6-8(13(18)19)2-3-9(10)16-5-4-14-7-11(16)12(15)17/h2-3,6,11,14H,4-5,7H2,1H3,(H,18,19). The maximum atomic E-state index is 12.3. The second-order valence-electron chi connectivity index (χ2n) is 4.82. The minimum atomic E-state index is -0.980. The van der Waals surface area contributed by atoms with Gasteiger partial charge in [-0.3, -0.25) is 4.79 Å². The Morgan fingerprint density at radius 1 is 1.42 bits per heavy atom. The van der Waals surface area contributed by atoms with E-state index in [1.54, 1.807) is 30.1 Å². The number of rotatable bonds is 1. The molecule has 1 unspecified atom stereocenters. The molecule has 2 heterocycles. The number of carbonyl (C=O) groups is 2. The molecule has 0 aliphatic carbocycles. The molecular weight excluding hydrogens is 246 g/mol. The van der Waals surface area contributed by atoms with Crippen molar-refractivity contribution in [3.05, 3.63) is 23.8 Å². The van der Waals surface area contributed by atoms with Crippen molar-refractivity contribution in [1.82, 2.24) is 5.32 Å². The summed E-state index contributed by atoms with van der Waals surface area (Å²) in [6, 6.07) is 4.75. The maximum absolute atomic E-state index is 12.3. The highest BCUT2D eigenvalue weighted by molar-refractivity contribution is 6.06. The molecule has 3 rings (SSSR count). The smallest absolute Gasteiger partial charge is 0.335 e. The molecule has 0 saturated carbocycles. The fourth-order valence-electron chi connectivity index (χ4n) is 2.72. The van der Waals surface area contributed by atoms with Crippen LogP contribution in [0.15, 0.2) is 18.2 Å². The van der Waals surface area contributed by atoms with Gasteiger partial charge in [0, 0.05) is 26.7 Å². The molecule has 100 valence electrons. The zero-order valence-corrected chi connectivity index (χ0v) is 10.6. The number of piperazine rings is 1. The van der Waals surface area contributed by atoms with Crippen LogP contribution in [0.4, 0.5) is 11.4 Å². The Bertz CT molecular complexity index is 558. The van der Waals surface area contributed by atoms with Gasteiger partial charge in [-0.15, -0.1) is 0 Å². The number of carbonyl (C=O) groups excluding carboxylic acids is 1. The molecule has 1 amide bonds. The van der Waals surface area contributed by atoms with Crippen LogP contribution >= 0.6 is 0 Å². The molecule has 6 nitrogen and oxygen atoms in total. The minimum absolute atomic E-state index is 0.00207. The average Bonchev–Trinajstić information content (AvgIpc) is 2.44. The van der Waals surface area contributed by atoms with Crippen LogP contribution in [0.1, 0.15) is 10.4 Å². The number of hydrogen-bond donors (Lipinski definition) is 2. The molecule has 1 aromatic carbocycles. The number of hydrogen-bond acceptors (Lipinski definition) is 4. The van der Waals surface area contributed by atoms with Crippen LogP contribution in [0.2, 0.25) is 0 Å². The van der Waals surface area contributed by atoms with Gasteiger partial charge in [0.25, 0.3) is 5.91 Å². The third-order valence-corrected chi connectivity index (χ3v) is 3.75. The fraction of sp³-hybridized carbons (Fsp3) is 0.385. The Labute approximate surface area is 110 Å². The first-order chi connectivity index (χ1) is 9.09. The molecule has 1 saturated heterocycles. The summed E-state index contributed by atoms with van der Waals surface area (Å²) >= 11 is 0. The van der Waals surface area contributed by atoms with Crippen molar-refractivity contribution in [2.75, 3.05) is 36.5 Å². The van der Waals surface area contributed by atoms with E-state index in [-0.39, 0.29) is 17.5 Å². The molecule has 0 aromatic heterocycles. The predicted molar refractivity (Wildman–Crippen MR) is 70.8 cm³/mol. The van der Waals surface area contributed by atoms with E-state index in [0.29, 0.717) is 12.2 Å². The lowest BCUT2D eigenvalue weighted by Gasteiger charge is -2.44. The van der Waals surface area contributed by atoms with Crippen LogP contribution in [0.3, 0.4) is 0 Å². The zero-order chi connectivity index (χ0) is 13.6. The molecule has 6 heteroatoms. The number of nitrogens with zero attached hydrogens (tertiary/aromatic N) is 2. The number of amides is 1. The second-order valence-corrected chi connectivity index (χ2v) is 4.82. The molecule has 1 atom stereocenters. The van der Waals surface area contributed by atoms with Crippen LogP contribution < -0.4 is 15.1 Å². The van der Waals surface area contributed by atoms with Crippen LogP contribution in [0, 0.1) is 0 Å². The van der Waals surface area contributed by atoms with Gasteiger partial charge in [-0.25, -0.2) is 4.79 Å². The van der Waals surface area contributed by atoms with E-state index in [1.165, 1.54) is 0 Å². The molecule has 2 aliphatic heterocycles. The zero-order valence-electron chi connectivity index (χ0n) is 10.6. The van der Waals surface area contributed by atoms with E-state index in [0.717, 1.165) is 18.8 Å². The first-order valence-corrected chi connectivity index (χ1v) is 6.22. The third-order valence-electron chi connectivity index (χ3n) is 3.75. The highest BCUT2D eigenvalue weighted by Gasteiger charge is 2.37. The van der Waals surface area contributed by atoms with Crippen LogP contribution in [0.5, 0.6) is 0 Å². The van der Waals surface area contributed by atoms with Gasteiger partial charge in [-0.1, -0.05) is 0 Å². The normalized spacial score (nSPS) is 21.9. The molecule has 0 spiro atoms. The number of carboxylic acids is 1. The van der Waals surface area contributed by atoms with Crippen molar-refractivity contribution in [2.24, 2.45) is 0 Å². The van der Waals surface area contributed by atoms with Gasteiger partial charge in [0.2, 0.25) is 0 Å². The molecule has 1 aromatic rings. The summed E-state index contributed by atoms with van der Waals surface area (Å²) in [6.07, 6.45) is 0. The summed E-state index contributed by atoms with van der Waals surface area (Å²) in [5, 5.41) is 12.3. The number of fused-ring (bicyclic) bond motifs is 3. The minimum Gasteiger partial charge on any atom is -0.478 e. The first kappa shape index (κ1) is 12.0. The summed E-state index contributed by atoms with van der Waals surface area (Å²) in [6.45, 7) is 2.21. The summed E-state index contributed by atoms with van der Waals surface area (Å²) in [5.74, 6) is -0.978. The maximum Gasteiger partial charge on any atom is 0.335 e. The van der Waals surface area contributed by atoms with E-state index in [9.17, 15) is 9.59 Å². The van der Waals surface area contributed by atoms with Gasteiger partial charge in [0.15, 0.2) is 0 Å². The van der Waals surface area contributed by atoms with Crippen molar-refractivity contribution >= 4 is 23.3 Å². The summed E-state index contributed by atoms with van der Waals surface area (Å²) in [7, 11) is 1.69. The monoisotopic (exact) mass is 261 g/mol. The number of likely N-dealkylation sites (N-methyl/N-ethyl adjacent to an activating group) is 1. The Kier molecular flexibility index (Phi) is 2.67. The van der Waals surface area contributed by atoms with E-state index in [2.05, 4.69) is 10.2 Å². The molecule has 0 bridgehead atoms. The number of benzene rings is 1. The number of aromatic carboxylic acids is 1. The van der Waals surface area contributed by atoms with Gasteiger partial charge in [0.05, 0.1) is 16.9 Å². The number of carboxylic acid groups (broad SMARTS) is 1. The number of nitrogens with one attached hydrogen (secondary N) is 1. The summed E-state index contributed by atoms with van der Waals surface area (Å²) in [4.78, 5) is 26.9. The van der Waals surface area contributed by atoms with Gasteiger partial charge in [0.1, 0.15) is 6.04 Å². The third kappa shape index (κ3) is 1.76.